The highest BCUT2D eigenvalue weighted by molar-refractivity contribution is 8.00. The van der Waals surface area contributed by atoms with Crippen LogP contribution < -0.4 is 10.6 Å². The fourth-order valence-electron chi connectivity index (χ4n) is 1.67. The predicted molar refractivity (Wildman–Crippen MR) is 87.0 cm³/mol. The van der Waals surface area contributed by atoms with Crippen LogP contribution in [0, 0.1) is 0 Å². The number of thioether (sulfide) groups is 1. The fourth-order valence-corrected chi connectivity index (χ4v) is 2.45. The van der Waals surface area contributed by atoms with E-state index in [2.05, 4.69) is 36.6 Å². The topological polar surface area (TPSA) is 41.1 Å². The van der Waals surface area contributed by atoms with Gasteiger partial charge in [-0.25, -0.2) is 0 Å². The molecule has 1 aromatic carbocycles. The molecule has 112 valence electrons. The molecule has 4 heteroatoms. The highest BCUT2D eigenvalue weighted by Gasteiger charge is 2.13. The molecule has 0 spiro atoms. The van der Waals surface area contributed by atoms with Crippen molar-refractivity contribution in [3.05, 3.63) is 29.8 Å². The number of carbonyl (C=O) groups is 1. The van der Waals surface area contributed by atoms with Gasteiger partial charge in [-0.05, 0) is 38.5 Å². The molecule has 20 heavy (non-hydrogen) atoms. The maximum absolute atomic E-state index is 11.8. The average molecular weight is 294 g/mol. The molecule has 0 bridgehead atoms. The molecule has 1 rings (SSSR count). The summed E-state index contributed by atoms with van der Waals surface area (Å²) in [5, 5.41) is 6.37. The number of amides is 1. The zero-order valence-corrected chi connectivity index (χ0v) is 13.9. The zero-order chi connectivity index (χ0) is 15.2. The third-order valence-electron chi connectivity index (χ3n) is 2.50. The zero-order valence-electron chi connectivity index (χ0n) is 13.1. The summed E-state index contributed by atoms with van der Waals surface area (Å²) < 4.78 is 0. The number of rotatable bonds is 6. The van der Waals surface area contributed by atoms with E-state index in [4.69, 9.17) is 0 Å². The van der Waals surface area contributed by atoms with Crippen molar-refractivity contribution in [2.45, 2.75) is 57.6 Å². The van der Waals surface area contributed by atoms with E-state index in [0.717, 1.165) is 11.4 Å². The summed E-state index contributed by atoms with van der Waals surface area (Å²) in [7, 11) is 0. The van der Waals surface area contributed by atoms with E-state index in [1.807, 2.05) is 32.9 Å². The Labute approximate surface area is 126 Å². The van der Waals surface area contributed by atoms with Crippen LogP contribution in [0.1, 0.15) is 40.2 Å². The highest BCUT2D eigenvalue weighted by atomic mass is 32.2. The first-order chi connectivity index (χ1) is 9.26. The minimum absolute atomic E-state index is 0.0770. The molecule has 0 fully saturated rings. The highest BCUT2D eigenvalue weighted by Crippen LogP contribution is 2.19. The summed E-state index contributed by atoms with van der Waals surface area (Å²) in [5.41, 5.74) is 1.08. The standard InChI is InChI=1S/C16H26N2OS/c1-12(2)17-10-13-7-6-8-14(9-13)20-11-15(19)18-16(3,4)5/h6-9,12,17H,10-11H2,1-5H3,(H,18,19). The molecule has 0 aliphatic heterocycles. The normalized spacial score (nSPS) is 11.7. The first kappa shape index (κ1) is 17.1. The third kappa shape index (κ3) is 7.56. The van der Waals surface area contributed by atoms with E-state index in [9.17, 15) is 4.79 Å². The third-order valence-corrected chi connectivity index (χ3v) is 3.49. The Balaban J connectivity index is 2.48. The quantitative estimate of drug-likeness (QED) is 0.792. The van der Waals surface area contributed by atoms with Gasteiger partial charge in [0.2, 0.25) is 5.91 Å². The van der Waals surface area contributed by atoms with Gasteiger partial charge in [0.1, 0.15) is 0 Å². The average Bonchev–Trinajstić information content (AvgIpc) is 2.32. The fraction of sp³-hybridized carbons (Fsp3) is 0.562. The summed E-state index contributed by atoms with van der Waals surface area (Å²) in [6, 6.07) is 8.82. The van der Waals surface area contributed by atoms with Crippen LogP contribution in [0.2, 0.25) is 0 Å². The van der Waals surface area contributed by atoms with Crippen LogP contribution in [0.3, 0.4) is 0 Å². The molecule has 1 amide bonds. The van der Waals surface area contributed by atoms with E-state index >= 15 is 0 Å². The Bertz CT molecular complexity index is 438. The number of nitrogens with one attached hydrogen (secondary N) is 2. The van der Waals surface area contributed by atoms with Gasteiger partial charge in [-0.3, -0.25) is 4.79 Å². The van der Waals surface area contributed by atoms with Crippen molar-refractivity contribution in [2.75, 3.05) is 5.75 Å². The van der Waals surface area contributed by atoms with Crippen LogP contribution in [0.4, 0.5) is 0 Å². The monoisotopic (exact) mass is 294 g/mol. The first-order valence-corrected chi connectivity index (χ1v) is 8.01. The van der Waals surface area contributed by atoms with Crippen molar-refractivity contribution in [3.8, 4) is 0 Å². The van der Waals surface area contributed by atoms with E-state index in [1.54, 1.807) is 11.8 Å². The van der Waals surface area contributed by atoms with Crippen molar-refractivity contribution >= 4 is 17.7 Å². The van der Waals surface area contributed by atoms with E-state index < -0.39 is 0 Å². The van der Waals surface area contributed by atoms with E-state index in [-0.39, 0.29) is 11.4 Å². The summed E-state index contributed by atoms with van der Waals surface area (Å²) >= 11 is 1.58. The number of hydrogen-bond acceptors (Lipinski definition) is 3. The second kappa shape index (κ2) is 7.70. The van der Waals surface area contributed by atoms with Gasteiger partial charge in [0, 0.05) is 23.0 Å². The Morgan fingerprint density at radius 2 is 2.00 bits per heavy atom. The van der Waals surface area contributed by atoms with Crippen molar-refractivity contribution in [2.24, 2.45) is 0 Å². The Hall–Kier alpha value is -1.00. The molecule has 0 unspecified atom stereocenters. The van der Waals surface area contributed by atoms with Crippen LogP contribution in [0.25, 0.3) is 0 Å². The van der Waals surface area contributed by atoms with Gasteiger partial charge in [-0.15, -0.1) is 11.8 Å². The first-order valence-electron chi connectivity index (χ1n) is 7.02. The number of carbonyl (C=O) groups excluding carboxylic acids is 1. The summed E-state index contributed by atoms with van der Waals surface area (Å²) in [6.45, 7) is 11.1. The lowest BCUT2D eigenvalue weighted by molar-refractivity contribution is -0.119. The smallest absolute Gasteiger partial charge is 0.230 e. The van der Waals surface area contributed by atoms with Gasteiger partial charge in [-0.2, -0.15) is 0 Å². The molecule has 0 aromatic heterocycles. The maximum Gasteiger partial charge on any atom is 0.230 e. The van der Waals surface area contributed by atoms with Crippen LogP contribution >= 0.6 is 11.8 Å². The van der Waals surface area contributed by atoms with Gasteiger partial charge in [0.15, 0.2) is 0 Å². The lowest BCUT2D eigenvalue weighted by atomic mass is 10.1. The van der Waals surface area contributed by atoms with Crippen molar-refractivity contribution in [3.63, 3.8) is 0 Å². The predicted octanol–water partition coefficient (Wildman–Crippen LogP) is 3.19. The van der Waals surface area contributed by atoms with Gasteiger partial charge in [0.05, 0.1) is 5.75 Å². The molecule has 2 N–H and O–H groups in total. The van der Waals surface area contributed by atoms with Crippen LogP contribution in [0.15, 0.2) is 29.2 Å². The van der Waals surface area contributed by atoms with Crippen molar-refractivity contribution in [1.29, 1.82) is 0 Å². The lowest BCUT2D eigenvalue weighted by Crippen LogP contribution is -2.41. The van der Waals surface area contributed by atoms with Crippen LogP contribution in [-0.4, -0.2) is 23.2 Å². The number of hydrogen-bond donors (Lipinski definition) is 2. The van der Waals surface area contributed by atoms with Crippen LogP contribution in [0.5, 0.6) is 0 Å². The Kier molecular flexibility index (Phi) is 6.56. The lowest BCUT2D eigenvalue weighted by Gasteiger charge is -2.20. The van der Waals surface area contributed by atoms with Gasteiger partial charge in [0.25, 0.3) is 0 Å². The summed E-state index contributed by atoms with van der Waals surface area (Å²) in [6.07, 6.45) is 0. The Morgan fingerprint density at radius 1 is 1.30 bits per heavy atom. The molecule has 0 aliphatic carbocycles. The minimum atomic E-state index is -0.166. The molecular weight excluding hydrogens is 268 g/mol. The van der Waals surface area contributed by atoms with E-state index in [1.165, 1.54) is 5.56 Å². The van der Waals surface area contributed by atoms with E-state index in [0.29, 0.717) is 11.8 Å². The number of benzene rings is 1. The second-order valence-electron chi connectivity index (χ2n) is 6.27. The molecule has 0 aliphatic rings. The molecule has 0 heterocycles. The largest absolute Gasteiger partial charge is 0.351 e. The van der Waals surface area contributed by atoms with Gasteiger partial charge in [-0.1, -0.05) is 26.0 Å². The molecule has 3 nitrogen and oxygen atoms in total. The second-order valence-corrected chi connectivity index (χ2v) is 7.32. The van der Waals surface area contributed by atoms with Crippen molar-refractivity contribution in [1.82, 2.24) is 10.6 Å². The molecular formula is C16H26N2OS. The molecule has 0 atom stereocenters. The van der Waals surface area contributed by atoms with Crippen molar-refractivity contribution < 1.29 is 4.79 Å². The summed E-state index contributed by atoms with van der Waals surface area (Å²) in [4.78, 5) is 12.9. The maximum atomic E-state index is 11.8. The SMILES string of the molecule is CC(C)NCc1cccc(SCC(=O)NC(C)(C)C)c1. The Morgan fingerprint density at radius 3 is 2.60 bits per heavy atom. The molecule has 0 saturated heterocycles. The van der Waals surface area contributed by atoms with Crippen LogP contribution in [-0.2, 0) is 11.3 Å². The molecule has 1 aromatic rings. The van der Waals surface area contributed by atoms with Gasteiger partial charge < -0.3 is 10.6 Å². The molecule has 0 radical (unpaired) electrons. The molecule has 0 saturated carbocycles. The summed E-state index contributed by atoms with van der Waals surface area (Å²) in [5.74, 6) is 0.534. The minimum Gasteiger partial charge on any atom is -0.351 e. The van der Waals surface area contributed by atoms with Gasteiger partial charge >= 0.3 is 0 Å².